The normalized spacial score (nSPS) is 30.1. The molecular formula is C8H13NO2S. The second-order valence-electron chi connectivity index (χ2n) is 3.41. The Kier molecular flexibility index (Phi) is 2.14. The van der Waals surface area contributed by atoms with E-state index >= 15 is 0 Å². The number of hydrogen-bond acceptors (Lipinski definition) is 2. The van der Waals surface area contributed by atoms with Gasteiger partial charge in [-0.2, -0.15) is 0 Å². The number of nitrogens with two attached hydrogens (primary N) is 1. The molecule has 2 N–H and O–H groups in total. The molecule has 68 valence electrons. The minimum Gasteiger partial charge on any atom is -0.228 e. The number of sulfonamides is 1. The summed E-state index contributed by atoms with van der Waals surface area (Å²) in [5.74, 6) is 0. The fraction of sp³-hybridized carbons (Fsp3) is 0.500. The number of allylic oxidation sites excluding steroid dienone is 3. The molecule has 1 atom stereocenters. The molecule has 0 aromatic rings. The van der Waals surface area contributed by atoms with Crippen LogP contribution in [-0.4, -0.2) is 13.2 Å². The highest BCUT2D eigenvalue weighted by molar-refractivity contribution is 7.90. The molecule has 0 aromatic carbocycles. The monoisotopic (exact) mass is 187 g/mol. The molecule has 3 nitrogen and oxygen atoms in total. The van der Waals surface area contributed by atoms with Crippen LogP contribution in [0.2, 0.25) is 0 Å². The average molecular weight is 187 g/mol. The Morgan fingerprint density at radius 1 is 1.58 bits per heavy atom. The van der Waals surface area contributed by atoms with Crippen LogP contribution < -0.4 is 5.14 Å². The lowest BCUT2D eigenvalue weighted by Crippen LogP contribution is -2.39. The summed E-state index contributed by atoms with van der Waals surface area (Å²) in [4.78, 5) is 0. The minimum absolute atomic E-state index is 0.488. The molecule has 0 saturated heterocycles. The van der Waals surface area contributed by atoms with Gasteiger partial charge >= 0.3 is 0 Å². The molecule has 0 aromatic heterocycles. The molecule has 0 aliphatic heterocycles. The van der Waals surface area contributed by atoms with Gasteiger partial charge in [-0.15, -0.1) is 0 Å². The molecule has 0 bridgehead atoms. The molecule has 12 heavy (non-hydrogen) atoms. The summed E-state index contributed by atoms with van der Waals surface area (Å²) in [6.45, 7) is 3.53. The first-order valence-electron chi connectivity index (χ1n) is 3.72. The molecule has 0 saturated carbocycles. The predicted molar refractivity (Wildman–Crippen MR) is 49.0 cm³/mol. The molecule has 4 heteroatoms. The van der Waals surface area contributed by atoms with E-state index in [4.69, 9.17) is 5.14 Å². The molecule has 0 fully saturated rings. The summed E-state index contributed by atoms with van der Waals surface area (Å²) in [7, 11) is -3.49. The average Bonchev–Trinajstić information content (AvgIpc) is 1.83. The second kappa shape index (κ2) is 2.71. The van der Waals surface area contributed by atoms with E-state index in [0.29, 0.717) is 6.42 Å². The number of rotatable bonds is 1. The van der Waals surface area contributed by atoms with Gasteiger partial charge in [-0.05, 0) is 20.3 Å². The maximum atomic E-state index is 11.2. The van der Waals surface area contributed by atoms with Crippen LogP contribution in [0.15, 0.2) is 23.8 Å². The predicted octanol–water partition coefficient (Wildman–Crippen LogP) is 0.940. The summed E-state index contributed by atoms with van der Waals surface area (Å²) in [6.07, 6.45) is 5.76. The van der Waals surface area contributed by atoms with Gasteiger partial charge in [-0.25, -0.2) is 13.6 Å². The molecule has 1 aliphatic carbocycles. The van der Waals surface area contributed by atoms with Gasteiger partial charge in [0.05, 0.1) is 0 Å². The van der Waals surface area contributed by atoms with Crippen molar-refractivity contribution in [2.75, 3.05) is 0 Å². The van der Waals surface area contributed by atoms with Crippen LogP contribution in [0.25, 0.3) is 0 Å². The van der Waals surface area contributed by atoms with Gasteiger partial charge < -0.3 is 0 Å². The topological polar surface area (TPSA) is 60.2 Å². The van der Waals surface area contributed by atoms with E-state index in [-0.39, 0.29) is 0 Å². The Morgan fingerprint density at radius 2 is 2.17 bits per heavy atom. The Morgan fingerprint density at radius 3 is 2.50 bits per heavy atom. The van der Waals surface area contributed by atoms with Gasteiger partial charge in [0.2, 0.25) is 10.0 Å². The van der Waals surface area contributed by atoms with Crippen LogP contribution in [0, 0.1) is 0 Å². The van der Waals surface area contributed by atoms with E-state index < -0.39 is 14.8 Å². The van der Waals surface area contributed by atoms with Crippen molar-refractivity contribution in [2.24, 2.45) is 5.14 Å². The Hall–Kier alpha value is -0.610. The Balaban J connectivity index is 3.07. The van der Waals surface area contributed by atoms with Gasteiger partial charge in [0.15, 0.2) is 0 Å². The first-order valence-corrected chi connectivity index (χ1v) is 5.27. The third kappa shape index (κ3) is 1.59. The molecule has 1 rings (SSSR count). The minimum atomic E-state index is -3.49. The van der Waals surface area contributed by atoms with Crippen LogP contribution in [0.5, 0.6) is 0 Å². The van der Waals surface area contributed by atoms with Crippen molar-refractivity contribution in [3.63, 3.8) is 0 Å². The first-order chi connectivity index (χ1) is 5.35. The molecular weight excluding hydrogens is 174 g/mol. The maximum absolute atomic E-state index is 11.2. The largest absolute Gasteiger partial charge is 0.228 e. The van der Waals surface area contributed by atoms with Crippen molar-refractivity contribution in [2.45, 2.75) is 25.0 Å². The van der Waals surface area contributed by atoms with Gasteiger partial charge in [0.25, 0.3) is 0 Å². The molecule has 0 heterocycles. The highest BCUT2D eigenvalue weighted by Gasteiger charge is 2.34. The lowest BCUT2D eigenvalue weighted by molar-refractivity contribution is 0.560. The van der Waals surface area contributed by atoms with Crippen molar-refractivity contribution in [1.29, 1.82) is 0 Å². The van der Waals surface area contributed by atoms with E-state index in [1.165, 1.54) is 0 Å². The first kappa shape index (κ1) is 9.48. The van der Waals surface area contributed by atoms with E-state index in [1.807, 2.05) is 13.0 Å². The SMILES string of the molecule is CC1=CC=CC(C)(S(N)(=O)=O)C1. The van der Waals surface area contributed by atoms with Crippen molar-refractivity contribution >= 4 is 10.0 Å². The Bertz CT molecular complexity index is 340. The van der Waals surface area contributed by atoms with Crippen LogP contribution in [0.1, 0.15) is 20.3 Å². The van der Waals surface area contributed by atoms with Crippen LogP contribution in [0.3, 0.4) is 0 Å². The third-order valence-electron chi connectivity index (χ3n) is 2.11. The van der Waals surface area contributed by atoms with E-state index in [2.05, 4.69) is 0 Å². The zero-order chi connectivity index (χ0) is 9.41. The fourth-order valence-electron chi connectivity index (χ4n) is 1.28. The smallest absolute Gasteiger partial charge is 0.218 e. The number of primary sulfonamides is 1. The third-order valence-corrected chi connectivity index (χ3v) is 3.69. The second-order valence-corrected chi connectivity index (χ2v) is 5.43. The van der Waals surface area contributed by atoms with Crippen molar-refractivity contribution < 1.29 is 8.42 Å². The van der Waals surface area contributed by atoms with Crippen LogP contribution in [0.4, 0.5) is 0 Å². The number of hydrogen-bond donors (Lipinski definition) is 1. The summed E-state index contributed by atoms with van der Waals surface area (Å²) in [5.41, 5.74) is 1.04. The Labute approximate surface area is 73.0 Å². The highest BCUT2D eigenvalue weighted by atomic mass is 32.2. The van der Waals surface area contributed by atoms with Crippen molar-refractivity contribution in [3.05, 3.63) is 23.8 Å². The molecule has 1 unspecified atom stereocenters. The fourth-order valence-corrected chi connectivity index (χ4v) is 1.98. The lowest BCUT2D eigenvalue weighted by Gasteiger charge is -2.25. The zero-order valence-electron chi connectivity index (χ0n) is 7.24. The molecule has 1 aliphatic rings. The lowest BCUT2D eigenvalue weighted by atomic mass is 9.96. The maximum Gasteiger partial charge on any atom is 0.218 e. The van der Waals surface area contributed by atoms with Gasteiger partial charge in [0, 0.05) is 0 Å². The highest BCUT2D eigenvalue weighted by Crippen LogP contribution is 2.28. The van der Waals surface area contributed by atoms with Gasteiger partial charge in [-0.3, -0.25) is 0 Å². The van der Waals surface area contributed by atoms with Crippen molar-refractivity contribution in [1.82, 2.24) is 0 Å². The molecule has 0 spiro atoms. The van der Waals surface area contributed by atoms with E-state index in [0.717, 1.165) is 5.57 Å². The zero-order valence-corrected chi connectivity index (χ0v) is 8.06. The van der Waals surface area contributed by atoms with Crippen LogP contribution >= 0.6 is 0 Å². The summed E-state index contributed by atoms with van der Waals surface area (Å²) in [6, 6.07) is 0. The quantitative estimate of drug-likeness (QED) is 0.664. The van der Waals surface area contributed by atoms with Gasteiger partial charge in [0.1, 0.15) is 4.75 Å². The summed E-state index contributed by atoms with van der Waals surface area (Å²) >= 11 is 0. The molecule has 0 amide bonds. The summed E-state index contributed by atoms with van der Waals surface area (Å²) in [5, 5.41) is 5.10. The summed E-state index contributed by atoms with van der Waals surface area (Å²) < 4.78 is 21.4. The van der Waals surface area contributed by atoms with E-state index in [9.17, 15) is 8.42 Å². The standard InChI is InChI=1S/C8H13NO2S/c1-7-4-3-5-8(2,6-7)12(9,10)11/h3-5H,6H2,1-2H3,(H2,9,10,11). The van der Waals surface area contributed by atoms with E-state index in [1.54, 1.807) is 19.1 Å². The van der Waals surface area contributed by atoms with Crippen LogP contribution in [-0.2, 0) is 10.0 Å². The van der Waals surface area contributed by atoms with Crippen molar-refractivity contribution in [3.8, 4) is 0 Å². The molecule has 0 radical (unpaired) electrons. The van der Waals surface area contributed by atoms with Gasteiger partial charge in [-0.1, -0.05) is 23.8 Å².